The van der Waals surface area contributed by atoms with Crippen molar-refractivity contribution in [3.8, 4) is 0 Å². The van der Waals surface area contributed by atoms with E-state index >= 15 is 0 Å². The molecule has 0 fully saturated rings. The van der Waals surface area contributed by atoms with Gasteiger partial charge < -0.3 is 0 Å². The number of benzene rings is 3. The maximum absolute atomic E-state index is 2.38. The lowest BCUT2D eigenvalue weighted by Crippen LogP contribution is -2.24. The monoisotopic (exact) mass is 405 g/mol. The minimum Gasteiger partial charge on any atom is -0.0689 e. The van der Waals surface area contributed by atoms with Gasteiger partial charge in [0.25, 0.3) is 0 Å². The third-order valence-corrected chi connectivity index (χ3v) is 10.1. The number of rotatable bonds is 4. The van der Waals surface area contributed by atoms with Gasteiger partial charge in [0.15, 0.2) is 0 Å². The molecule has 0 bridgehead atoms. The summed E-state index contributed by atoms with van der Waals surface area (Å²) >= 11 is 0. The fraction of sp³-hybridized carbons (Fsp3) is 0.241. The van der Waals surface area contributed by atoms with Gasteiger partial charge in [0, 0.05) is 0 Å². The molecular weight excluding hydrogens is 376 g/mol. The molecule has 0 aromatic heterocycles. The van der Waals surface area contributed by atoms with Crippen molar-refractivity contribution in [2.75, 3.05) is 0 Å². The lowest BCUT2D eigenvalue weighted by Gasteiger charge is -2.25. The van der Waals surface area contributed by atoms with E-state index in [9.17, 15) is 0 Å². The zero-order valence-electron chi connectivity index (χ0n) is 18.5. The van der Waals surface area contributed by atoms with Crippen molar-refractivity contribution in [2.45, 2.75) is 46.6 Å². The van der Waals surface area contributed by atoms with Gasteiger partial charge in [0.05, 0.1) is 0 Å². The molecule has 0 saturated carbocycles. The van der Waals surface area contributed by atoms with Crippen LogP contribution in [0.15, 0.2) is 77.9 Å². The molecular formula is C29H29Si. The van der Waals surface area contributed by atoms with Gasteiger partial charge in [-0.1, -0.05) is 83.4 Å². The topological polar surface area (TPSA) is 0 Å². The van der Waals surface area contributed by atoms with Crippen molar-refractivity contribution < 1.29 is 0 Å². The SMILES string of the molecule is CC1=C([Si](Cc2ccccc2)C2=C(C)Cc3cccc(C)c32)c2c(C)cccc2C1. The second kappa shape index (κ2) is 7.56. The average molecular weight is 406 g/mol. The summed E-state index contributed by atoms with van der Waals surface area (Å²) in [4.78, 5) is 0. The first-order valence-electron chi connectivity index (χ1n) is 11.0. The molecule has 30 heavy (non-hydrogen) atoms. The Hall–Kier alpha value is -2.64. The Kier molecular flexibility index (Phi) is 4.87. The van der Waals surface area contributed by atoms with Gasteiger partial charge in [0.1, 0.15) is 8.80 Å². The first-order chi connectivity index (χ1) is 14.5. The van der Waals surface area contributed by atoms with Crippen molar-refractivity contribution in [3.63, 3.8) is 0 Å². The minimum absolute atomic E-state index is 0.958. The third kappa shape index (κ3) is 3.13. The highest BCUT2D eigenvalue weighted by atomic mass is 28.3. The molecule has 2 aliphatic carbocycles. The van der Waals surface area contributed by atoms with E-state index in [-0.39, 0.29) is 0 Å². The second-order valence-electron chi connectivity index (χ2n) is 9.02. The Balaban J connectivity index is 1.72. The molecule has 3 aromatic carbocycles. The first kappa shape index (κ1) is 19.3. The van der Waals surface area contributed by atoms with Crippen molar-refractivity contribution in [2.24, 2.45) is 0 Å². The van der Waals surface area contributed by atoms with Crippen LogP contribution in [0.3, 0.4) is 0 Å². The summed E-state index contributed by atoms with van der Waals surface area (Å²) in [6.45, 7) is 9.37. The Morgan fingerprint density at radius 3 is 1.60 bits per heavy atom. The van der Waals surface area contributed by atoms with Crippen LogP contribution in [0.25, 0.3) is 10.4 Å². The van der Waals surface area contributed by atoms with E-state index in [4.69, 9.17) is 0 Å². The van der Waals surface area contributed by atoms with E-state index in [1.54, 1.807) is 32.7 Å². The summed E-state index contributed by atoms with van der Waals surface area (Å²) in [6, 6.07) is 26.1. The van der Waals surface area contributed by atoms with Crippen molar-refractivity contribution in [1.29, 1.82) is 0 Å². The average Bonchev–Trinajstić information content (AvgIpc) is 3.25. The van der Waals surface area contributed by atoms with Crippen molar-refractivity contribution in [1.82, 2.24) is 0 Å². The minimum atomic E-state index is -0.958. The normalized spacial score (nSPS) is 15.2. The lowest BCUT2D eigenvalue weighted by atomic mass is 10.0. The lowest BCUT2D eigenvalue weighted by molar-refractivity contribution is 1.19. The Morgan fingerprint density at radius 2 is 1.10 bits per heavy atom. The maximum atomic E-state index is 2.38. The molecule has 0 atom stereocenters. The molecule has 0 spiro atoms. The first-order valence-corrected chi connectivity index (χ1v) is 12.7. The molecule has 3 aromatic rings. The molecule has 1 heteroatoms. The molecule has 5 rings (SSSR count). The highest BCUT2D eigenvalue weighted by molar-refractivity contribution is 6.94. The van der Waals surface area contributed by atoms with E-state index in [2.05, 4.69) is 94.4 Å². The number of hydrogen-bond acceptors (Lipinski definition) is 0. The molecule has 0 aliphatic heterocycles. The summed E-state index contributed by atoms with van der Waals surface area (Å²) < 4.78 is 0. The van der Waals surface area contributed by atoms with Crippen LogP contribution in [0.1, 0.15) is 52.8 Å². The fourth-order valence-corrected chi connectivity index (χ4v) is 9.33. The molecule has 149 valence electrons. The second-order valence-corrected chi connectivity index (χ2v) is 11.3. The number of fused-ring (bicyclic) bond motifs is 2. The van der Waals surface area contributed by atoms with Crippen LogP contribution in [0, 0.1) is 13.8 Å². The molecule has 0 N–H and O–H groups in total. The van der Waals surface area contributed by atoms with Gasteiger partial charge in [-0.15, -0.1) is 0 Å². The van der Waals surface area contributed by atoms with Gasteiger partial charge in [-0.2, -0.15) is 0 Å². The molecule has 1 radical (unpaired) electrons. The molecule has 0 saturated heterocycles. The van der Waals surface area contributed by atoms with Crippen LogP contribution in [0.5, 0.6) is 0 Å². The molecule has 2 aliphatic rings. The molecule has 0 heterocycles. The Labute approximate surface area is 182 Å². The van der Waals surface area contributed by atoms with Gasteiger partial charge in [0.2, 0.25) is 0 Å². The van der Waals surface area contributed by atoms with Gasteiger partial charge in [-0.3, -0.25) is 0 Å². The van der Waals surface area contributed by atoms with Gasteiger partial charge >= 0.3 is 0 Å². The van der Waals surface area contributed by atoms with Crippen LogP contribution < -0.4 is 0 Å². The summed E-state index contributed by atoms with van der Waals surface area (Å²) in [5, 5.41) is 3.37. The number of allylic oxidation sites excluding steroid dienone is 2. The van der Waals surface area contributed by atoms with E-state index in [1.165, 1.54) is 27.8 Å². The maximum Gasteiger partial charge on any atom is 0.127 e. The quantitative estimate of drug-likeness (QED) is 0.409. The van der Waals surface area contributed by atoms with Gasteiger partial charge in [-0.25, -0.2) is 0 Å². The largest absolute Gasteiger partial charge is 0.127 e. The third-order valence-electron chi connectivity index (χ3n) is 6.81. The van der Waals surface area contributed by atoms with Crippen molar-refractivity contribution >= 4 is 19.2 Å². The molecule has 0 amide bonds. The van der Waals surface area contributed by atoms with E-state index in [0.29, 0.717) is 0 Å². The van der Waals surface area contributed by atoms with Gasteiger partial charge in [-0.05, 0) is 90.4 Å². The zero-order valence-corrected chi connectivity index (χ0v) is 19.5. The summed E-state index contributed by atoms with van der Waals surface area (Å²) in [5.41, 5.74) is 13.7. The summed E-state index contributed by atoms with van der Waals surface area (Å²) in [7, 11) is -0.958. The van der Waals surface area contributed by atoms with Crippen LogP contribution >= 0.6 is 0 Å². The van der Waals surface area contributed by atoms with Crippen LogP contribution in [0.2, 0.25) is 0 Å². The highest BCUT2D eigenvalue weighted by Crippen LogP contribution is 2.45. The standard InChI is InChI=1S/C29H29Si/c1-19-10-8-14-24-16-21(3)28(26(19)24)30(18-23-12-6-5-7-13-23)29-22(4)17-25-15-9-11-20(2)27(25)29/h5-15H,16-18H2,1-4H3. The smallest absolute Gasteiger partial charge is 0.0689 e. The van der Waals surface area contributed by atoms with E-state index in [1.807, 2.05) is 0 Å². The van der Waals surface area contributed by atoms with Crippen LogP contribution in [0.4, 0.5) is 0 Å². The Morgan fingerprint density at radius 1 is 0.600 bits per heavy atom. The summed E-state index contributed by atoms with van der Waals surface area (Å²) in [5.74, 6) is 0. The zero-order chi connectivity index (χ0) is 20.8. The predicted octanol–water partition coefficient (Wildman–Crippen LogP) is 7.02. The van der Waals surface area contributed by atoms with Crippen molar-refractivity contribution in [3.05, 3.63) is 117 Å². The van der Waals surface area contributed by atoms with Crippen LogP contribution in [-0.4, -0.2) is 8.80 Å². The van der Waals surface area contributed by atoms with E-state index < -0.39 is 8.80 Å². The predicted molar refractivity (Wildman–Crippen MR) is 131 cm³/mol. The molecule has 0 nitrogen and oxygen atoms in total. The molecule has 0 unspecified atom stereocenters. The number of aryl methyl sites for hydroxylation is 2. The van der Waals surface area contributed by atoms with Crippen LogP contribution in [-0.2, 0) is 18.9 Å². The summed E-state index contributed by atoms with van der Waals surface area (Å²) in [6.07, 6.45) is 2.23. The van der Waals surface area contributed by atoms with E-state index in [0.717, 1.165) is 18.9 Å². The number of hydrogen-bond donors (Lipinski definition) is 0. The highest BCUT2D eigenvalue weighted by Gasteiger charge is 2.35. The Bertz CT molecular complexity index is 1120. The fourth-order valence-electron chi connectivity index (χ4n) is 5.56.